The molecule has 0 bridgehead atoms. The summed E-state index contributed by atoms with van der Waals surface area (Å²) in [5, 5.41) is 5.86. The van der Waals surface area contributed by atoms with E-state index in [1.165, 1.54) is 27.1 Å². The third kappa shape index (κ3) is 8.44. The highest BCUT2D eigenvalue weighted by molar-refractivity contribution is 7.92. The van der Waals surface area contributed by atoms with E-state index in [0.29, 0.717) is 54.6 Å². The molecule has 2 aromatic carbocycles. The SMILES string of the molecule is COc1cc(C(=O)NC2CCN(C(C)=O)CC2)ccc1Nc1ncc(C(F)(F)F)c(CCc2ccc(C)cc2N(C)S(C)(=O)=O)n1. The lowest BCUT2D eigenvalue weighted by Crippen LogP contribution is -2.46. The van der Waals surface area contributed by atoms with Crippen LogP contribution in [0.2, 0.25) is 0 Å². The number of carbonyl (C=O) groups excluding carboxylic acids is 2. The third-order valence-corrected chi connectivity index (χ3v) is 9.06. The molecule has 1 fully saturated rings. The van der Waals surface area contributed by atoms with Crippen molar-refractivity contribution >= 4 is 39.2 Å². The zero-order valence-corrected chi connectivity index (χ0v) is 27.1. The minimum absolute atomic E-state index is 0.000382. The molecule has 1 aliphatic heterocycles. The average molecular weight is 663 g/mol. The van der Waals surface area contributed by atoms with Gasteiger partial charge in [-0.15, -0.1) is 0 Å². The molecule has 2 amide bonds. The second kappa shape index (κ2) is 13.9. The van der Waals surface area contributed by atoms with Crippen molar-refractivity contribution < 1.29 is 35.9 Å². The highest BCUT2D eigenvalue weighted by Crippen LogP contribution is 2.34. The molecule has 2 N–H and O–H groups in total. The first-order chi connectivity index (χ1) is 21.6. The Balaban J connectivity index is 1.54. The largest absolute Gasteiger partial charge is 0.495 e. The Morgan fingerprint density at radius 3 is 2.41 bits per heavy atom. The Morgan fingerprint density at radius 2 is 1.80 bits per heavy atom. The zero-order valence-electron chi connectivity index (χ0n) is 26.2. The van der Waals surface area contributed by atoms with Gasteiger partial charge in [0.25, 0.3) is 5.91 Å². The van der Waals surface area contributed by atoms with Crippen molar-refractivity contribution in [2.24, 2.45) is 0 Å². The van der Waals surface area contributed by atoms with E-state index >= 15 is 0 Å². The van der Waals surface area contributed by atoms with Crippen LogP contribution in [0.3, 0.4) is 0 Å². The maximum absolute atomic E-state index is 13.9. The second-order valence-electron chi connectivity index (χ2n) is 11.2. The number of benzene rings is 2. The molecule has 2 heterocycles. The number of hydrogen-bond donors (Lipinski definition) is 2. The lowest BCUT2D eigenvalue weighted by Gasteiger charge is -2.31. The van der Waals surface area contributed by atoms with Crippen LogP contribution in [0.25, 0.3) is 0 Å². The number of rotatable bonds is 10. The average Bonchev–Trinajstić information content (AvgIpc) is 2.99. The number of piperidine rings is 1. The molecule has 4 rings (SSSR count). The fourth-order valence-electron chi connectivity index (χ4n) is 5.18. The maximum Gasteiger partial charge on any atom is 0.419 e. The molecule has 11 nitrogen and oxygen atoms in total. The van der Waals surface area contributed by atoms with Gasteiger partial charge in [0, 0.05) is 44.9 Å². The summed E-state index contributed by atoms with van der Waals surface area (Å²) >= 11 is 0. The van der Waals surface area contributed by atoms with Crippen LogP contribution in [0.1, 0.15) is 52.5 Å². The van der Waals surface area contributed by atoms with Crippen molar-refractivity contribution in [3.8, 4) is 5.75 Å². The van der Waals surface area contributed by atoms with Gasteiger partial charge in [-0.1, -0.05) is 12.1 Å². The molecule has 1 saturated heterocycles. The van der Waals surface area contributed by atoms with Crippen molar-refractivity contribution in [1.82, 2.24) is 20.2 Å². The molecule has 15 heteroatoms. The lowest BCUT2D eigenvalue weighted by atomic mass is 10.0. The predicted octanol–water partition coefficient (Wildman–Crippen LogP) is 4.48. The number of alkyl halides is 3. The Bertz CT molecular complexity index is 1710. The van der Waals surface area contributed by atoms with E-state index in [1.807, 2.05) is 0 Å². The number of carbonyl (C=O) groups is 2. The van der Waals surface area contributed by atoms with Gasteiger partial charge in [0.05, 0.1) is 36.0 Å². The number of nitrogens with one attached hydrogen (secondary N) is 2. The number of aromatic nitrogens is 2. The molecule has 0 spiro atoms. The van der Waals surface area contributed by atoms with Crippen LogP contribution in [0.5, 0.6) is 5.75 Å². The minimum Gasteiger partial charge on any atom is -0.495 e. The first-order valence-electron chi connectivity index (χ1n) is 14.5. The Labute approximate surface area is 266 Å². The van der Waals surface area contributed by atoms with Gasteiger partial charge in [0.2, 0.25) is 21.9 Å². The number of halogens is 3. The van der Waals surface area contributed by atoms with Crippen molar-refractivity contribution in [3.05, 3.63) is 70.5 Å². The summed E-state index contributed by atoms with van der Waals surface area (Å²) in [6.45, 7) is 4.43. The number of anilines is 3. The normalized spacial score (nSPS) is 14.1. The molecule has 0 atom stereocenters. The second-order valence-corrected chi connectivity index (χ2v) is 13.2. The van der Waals surface area contributed by atoms with Crippen LogP contribution >= 0.6 is 0 Å². The quantitative estimate of drug-likeness (QED) is 0.325. The molecule has 0 unspecified atom stereocenters. The highest BCUT2D eigenvalue weighted by Gasteiger charge is 2.35. The highest BCUT2D eigenvalue weighted by atomic mass is 32.2. The van der Waals surface area contributed by atoms with Crippen molar-refractivity contribution in [3.63, 3.8) is 0 Å². The van der Waals surface area contributed by atoms with Crippen LogP contribution in [-0.4, -0.2) is 74.6 Å². The van der Waals surface area contributed by atoms with Crippen molar-refractivity contribution in [1.29, 1.82) is 0 Å². The number of nitrogens with zero attached hydrogens (tertiary/aromatic N) is 4. The van der Waals surface area contributed by atoms with Crippen LogP contribution < -0.4 is 19.7 Å². The molecule has 0 radical (unpaired) electrons. The zero-order chi connectivity index (χ0) is 33.8. The summed E-state index contributed by atoms with van der Waals surface area (Å²) in [6, 6.07) is 9.64. The number of amides is 2. The number of likely N-dealkylation sites (tertiary alicyclic amines) is 1. The summed E-state index contributed by atoms with van der Waals surface area (Å²) in [5.74, 6) is -0.193. The van der Waals surface area contributed by atoms with Crippen LogP contribution in [0, 0.1) is 6.92 Å². The molecule has 46 heavy (non-hydrogen) atoms. The third-order valence-electron chi connectivity index (χ3n) is 7.87. The lowest BCUT2D eigenvalue weighted by molar-refractivity contribution is -0.138. The molecule has 0 saturated carbocycles. The molecular weight excluding hydrogens is 625 g/mol. The molecular formula is C31H37F3N6O5S. The first kappa shape index (κ1) is 34.5. The van der Waals surface area contributed by atoms with E-state index in [-0.39, 0.29) is 48.1 Å². The van der Waals surface area contributed by atoms with E-state index in [4.69, 9.17) is 4.74 Å². The molecule has 1 aliphatic rings. The summed E-state index contributed by atoms with van der Waals surface area (Å²) < 4.78 is 72.8. The summed E-state index contributed by atoms with van der Waals surface area (Å²) in [7, 11) is -0.825. The van der Waals surface area contributed by atoms with Gasteiger partial charge in [0.15, 0.2) is 0 Å². The number of methoxy groups -OCH3 is 1. The molecule has 3 aromatic rings. The van der Waals surface area contributed by atoms with Crippen LogP contribution in [-0.2, 0) is 33.8 Å². The summed E-state index contributed by atoms with van der Waals surface area (Å²) in [4.78, 5) is 34.3. The van der Waals surface area contributed by atoms with Gasteiger partial charge >= 0.3 is 6.18 Å². The van der Waals surface area contributed by atoms with E-state index < -0.39 is 21.8 Å². The van der Waals surface area contributed by atoms with Gasteiger partial charge in [0.1, 0.15) is 5.75 Å². The first-order valence-corrected chi connectivity index (χ1v) is 16.4. The molecule has 0 aliphatic carbocycles. The van der Waals surface area contributed by atoms with E-state index in [9.17, 15) is 31.2 Å². The van der Waals surface area contributed by atoms with Gasteiger partial charge in [-0.25, -0.2) is 18.4 Å². The van der Waals surface area contributed by atoms with E-state index in [0.717, 1.165) is 16.1 Å². The number of hydrogen-bond acceptors (Lipinski definition) is 8. The van der Waals surface area contributed by atoms with Crippen LogP contribution in [0.4, 0.5) is 30.5 Å². The van der Waals surface area contributed by atoms with Crippen molar-refractivity contribution in [2.45, 2.75) is 51.7 Å². The predicted molar refractivity (Wildman–Crippen MR) is 168 cm³/mol. The molecule has 1 aromatic heterocycles. The molecule has 248 valence electrons. The Hall–Kier alpha value is -4.40. The van der Waals surface area contributed by atoms with Crippen molar-refractivity contribution in [2.75, 3.05) is 43.1 Å². The fraction of sp³-hybridized carbons (Fsp3) is 0.419. The fourth-order valence-corrected chi connectivity index (χ4v) is 5.71. The number of sulfonamides is 1. The van der Waals surface area contributed by atoms with Gasteiger partial charge in [-0.3, -0.25) is 13.9 Å². The van der Waals surface area contributed by atoms with Crippen LogP contribution in [0.15, 0.2) is 42.6 Å². The summed E-state index contributed by atoms with van der Waals surface area (Å²) in [5.41, 5.74) is 1.08. The smallest absolute Gasteiger partial charge is 0.419 e. The topological polar surface area (TPSA) is 134 Å². The Morgan fingerprint density at radius 1 is 1.11 bits per heavy atom. The Kier molecular flexibility index (Phi) is 10.4. The monoisotopic (exact) mass is 662 g/mol. The summed E-state index contributed by atoms with van der Waals surface area (Å²) in [6.07, 6.45) is -1.77. The van der Waals surface area contributed by atoms with E-state index in [2.05, 4.69) is 20.6 Å². The maximum atomic E-state index is 13.9. The minimum atomic E-state index is -4.72. The number of ether oxygens (including phenoxy) is 1. The van der Waals surface area contributed by atoms with Gasteiger partial charge in [-0.2, -0.15) is 13.2 Å². The standard InChI is InChI=1S/C31H37F3N6O5S/c1-19-6-7-21(27(16-19)39(3)46(5,43)44)8-10-25-24(31(32,33)34)18-35-30(37-25)38-26-11-9-22(17-28(26)45-4)29(42)36-23-12-14-40(15-13-23)20(2)41/h6-7,9,11,16-18,23H,8,10,12-15H2,1-5H3,(H,36,42)(H,35,37,38). The van der Waals surface area contributed by atoms with Gasteiger partial charge < -0.3 is 20.3 Å². The van der Waals surface area contributed by atoms with E-state index in [1.54, 1.807) is 42.2 Å². The van der Waals surface area contributed by atoms with Gasteiger partial charge in [-0.05, 0) is 68.0 Å². The number of aryl methyl sites for hydroxylation is 3.